The number of aliphatic carboxylic acids is 1. The Balaban J connectivity index is 3.45. The highest BCUT2D eigenvalue weighted by Crippen LogP contribution is 2.02. The number of carboxylic acids is 1. The fourth-order valence-electron chi connectivity index (χ4n) is 1.40. The van der Waals surface area contributed by atoms with Gasteiger partial charge in [0.2, 0.25) is 5.91 Å². The first-order valence-electron chi connectivity index (χ1n) is 5.99. The third kappa shape index (κ3) is 9.44. The van der Waals surface area contributed by atoms with Crippen LogP contribution in [0, 0.1) is 0 Å². The van der Waals surface area contributed by atoms with Gasteiger partial charge in [0.15, 0.2) is 0 Å². The molecule has 0 aliphatic carbocycles. The highest BCUT2D eigenvalue weighted by molar-refractivity contribution is 5.86. The Morgan fingerprint density at radius 2 is 1.78 bits per heavy atom. The number of carboxylic acid groups (broad SMARTS) is 1. The first-order valence-corrected chi connectivity index (χ1v) is 5.99. The van der Waals surface area contributed by atoms with E-state index in [0.29, 0.717) is 13.0 Å². The van der Waals surface area contributed by atoms with Crippen LogP contribution >= 0.6 is 0 Å². The Morgan fingerprint density at radius 3 is 2.33 bits per heavy atom. The van der Waals surface area contributed by atoms with Crippen molar-refractivity contribution in [2.24, 2.45) is 5.73 Å². The Kier molecular flexibility index (Phi) is 8.34. The molecule has 5 N–H and O–H groups in total. The van der Waals surface area contributed by atoms with Crippen LogP contribution in [0.25, 0.3) is 0 Å². The summed E-state index contributed by atoms with van der Waals surface area (Å²) in [4.78, 5) is 32.1. The highest BCUT2D eigenvalue weighted by Gasteiger charge is 2.12. The van der Waals surface area contributed by atoms with Gasteiger partial charge >= 0.3 is 12.0 Å². The number of nitrogens with two attached hydrogens (primary N) is 1. The molecule has 0 spiro atoms. The molecule has 0 aromatic rings. The molecule has 1 unspecified atom stereocenters. The van der Waals surface area contributed by atoms with Crippen LogP contribution < -0.4 is 16.4 Å². The smallest absolute Gasteiger partial charge is 0.312 e. The molecule has 0 saturated heterocycles. The zero-order valence-electron chi connectivity index (χ0n) is 10.6. The van der Waals surface area contributed by atoms with E-state index in [0.717, 1.165) is 19.3 Å². The summed E-state index contributed by atoms with van der Waals surface area (Å²) in [5, 5.41) is 13.4. The summed E-state index contributed by atoms with van der Waals surface area (Å²) in [6.07, 6.45) is 3.33. The van der Waals surface area contributed by atoms with Crippen LogP contribution in [0.4, 0.5) is 4.79 Å². The minimum Gasteiger partial charge on any atom is -0.481 e. The average Bonchev–Trinajstić information content (AvgIpc) is 2.26. The fraction of sp³-hybridized carbons (Fsp3) is 0.727. The van der Waals surface area contributed by atoms with E-state index < -0.39 is 18.0 Å². The fourth-order valence-corrected chi connectivity index (χ4v) is 1.40. The Bertz CT molecular complexity index is 294. The topological polar surface area (TPSA) is 122 Å². The minimum absolute atomic E-state index is 0.186. The summed E-state index contributed by atoms with van der Waals surface area (Å²) in [5.41, 5.74) is 4.89. The second-order valence-electron chi connectivity index (χ2n) is 4.08. The second-order valence-corrected chi connectivity index (χ2v) is 4.08. The number of primary amides is 1. The van der Waals surface area contributed by atoms with Gasteiger partial charge in [-0.1, -0.05) is 12.8 Å². The van der Waals surface area contributed by atoms with Gasteiger partial charge in [0.25, 0.3) is 0 Å². The van der Waals surface area contributed by atoms with Crippen LogP contribution in [0.2, 0.25) is 0 Å². The molecule has 0 radical (unpaired) electrons. The van der Waals surface area contributed by atoms with Gasteiger partial charge in [0.05, 0.1) is 0 Å². The maximum Gasteiger partial charge on any atom is 0.312 e. The van der Waals surface area contributed by atoms with Crippen molar-refractivity contribution in [1.29, 1.82) is 0 Å². The van der Waals surface area contributed by atoms with Gasteiger partial charge in [0.1, 0.15) is 6.04 Å². The first kappa shape index (κ1) is 16.2. The first-order chi connectivity index (χ1) is 8.43. The van der Waals surface area contributed by atoms with Crippen LogP contribution in [-0.4, -0.2) is 35.6 Å². The van der Waals surface area contributed by atoms with E-state index in [9.17, 15) is 14.4 Å². The molecular weight excluding hydrogens is 238 g/mol. The molecule has 7 nitrogen and oxygen atoms in total. The summed E-state index contributed by atoms with van der Waals surface area (Å²) >= 11 is 0. The number of carbonyl (C=O) groups is 3. The van der Waals surface area contributed by atoms with Crippen LogP contribution in [0.3, 0.4) is 0 Å². The largest absolute Gasteiger partial charge is 0.481 e. The van der Waals surface area contributed by atoms with Crippen molar-refractivity contribution in [3.63, 3.8) is 0 Å². The van der Waals surface area contributed by atoms with Crippen molar-refractivity contribution in [2.45, 2.75) is 45.1 Å². The van der Waals surface area contributed by atoms with Crippen molar-refractivity contribution in [2.75, 3.05) is 6.54 Å². The molecule has 1 atom stereocenters. The molecule has 0 aromatic heterocycles. The zero-order valence-corrected chi connectivity index (χ0v) is 10.6. The summed E-state index contributed by atoms with van der Waals surface area (Å²) in [7, 11) is 0. The number of hydrogen-bond donors (Lipinski definition) is 4. The van der Waals surface area contributed by atoms with Gasteiger partial charge in [-0.25, -0.2) is 4.79 Å². The number of nitrogens with one attached hydrogen (secondary N) is 2. The van der Waals surface area contributed by atoms with Crippen molar-refractivity contribution in [1.82, 2.24) is 10.6 Å². The molecule has 7 heteroatoms. The lowest BCUT2D eigenvalue weighted by molar-refractivity contribution is -0.137. The lowest BCUT2D eigenvalue weighted by Crippen LogP contribution is -2.46. The molecule has 104 valence electrons. The summed E-state index contributed by atoms with van der Waals surface area (Å²) in [6, 6.07) is -1.37. The molecule has 0 rings (SSSR count). The average molecular weight is 259 g/mol. The molecule has 3 amide bonds. The van der Waals surface area contributed by atoms with Crippen molar-refractivity contribution >= 4 is 17.9 Å². The number of amides is 3. The summed E-state index contributed by atoms with van der Waals surface area (Å²) in [5.74, 6) is -1.06. The van der Waals surface area contributed by atoms with Crippen LogP contribution in [0.15, 0.2) is 0 Å². The van der Waals surface area contributed by atoms with Crippen LogP contribution in [-0.2, 0) is 9.59 Å². The maximum absolute atomic E-state index is 11.4. The predicted molar refractivity (Wildman–Crippen MR) is 65.9 cm³/mol. The normalized spacial score (nSPS) is 11.6. The van der Waals surface area contributed by atoms with E-state index in [4.69, 9.17) is 10.8 Å². The molecular formula is C11H21N3O4. The van der Waals surface area contributed by atoms with Gasteiger partial charge < -0.3 is 21.5 Å². The molecule has 18 heavy (non-hydrogen) atoms. The third-order valence-corrected chi connectivity index (χ3v) is 2.37. The molecule has 0 heterocycles. The molecule has 0 fully saturated rings. The van der Waals surface area contributed by atoms with E-state index in [1.807, 2.05) is 0 Å². The van der Waals surface area contributed by atoms with E-state index in [2.05, 4.69) is 10.6 Å². The zero-order chi connectivity index (χ0) is 14.0. The van der Waals surface area contributed by atoms with E-state index >= 15 is 0 Å². The van der Waals surface area contributed by atoms with Gasteiger partial charge in [0, 0.05) is 13.0 Å². The summed E-state index contributed by atoms with van der Waals surface area (Å²) in [6.45, 7) is 2.06. The second kappa shape index (κ2) is 9.26. The Hall–Kier alpha value is -1.79. The van der Waals surface area contributed by atoms with Crippen LogP contribution in [0.5, 0.6) is 0 Å². The minimum atomic E-state index is -0.783. The molecule has 0 aliphatic heterocycles. The summed E-state index contributed by atoms with van der Waals surface area (Å²) < 4.78 is 0. The SMILES string of the molecule is CC(NC(N)=O)C(=O)NCCCCCCC(=O)O. The van der Waals surface area contributed by atoms with Gasteiger partial charge in [-0.15, -0.1) is 0 Å². The third-order valence-electron chi connectivity index (χ3n) is 2.37. The molecule has 0 saturated carbocycles. The molecule has 0 aromatic carbocycles. The Labute approximate surface area is 106 Å². The predicted octanol–water partition coefficient (Wildman–Crippen LogP) is 0.194. The number of urea groups is 1. The van der Waals surface area contributed by atoms with E-state index in [1.165, 1.54) is 0 Å². The molecule has 0 aliphatic rings. The molecule has 0 bridgehead atoms. The van der Waals surface area contributed by atoms with Crippen LogP contribution in [0.1, 0.15) is 39.0 Å². The number of rotatable bonds is 9. The highest BCUT2D eigenvalue weighted by atomic mass is 16.4. The van der Waals surface area contributed by atoms with Crippen molar-refractivity contribution in [3.8, 4) is 0 Å². The number of unbranched alkanes of at least 4 members (excludes halogenated alkanes) is 3. The quantitative estimate of drug-likeness (QED) is 0.442. The monoisotopic (exact) mass is 259 g/mol. The van der Waals surface area contributed by atoms with Crippen molar-refractivity contribution in [3.05, 3.63) is 0 Å². The van der Waals surface area contributed by atoms with E-state index in [-0.39, 0.29) is 12.3 Å². The Morgan fingerprint density at radius 1 is 1.17 bits per heavy atom. The standard InChI is InChI=1S/C11H21N3O4/c1-8(14-11(12)18)10(17)13-7-5-3-2-4-6-9(15)16/h8H,2-7H2,1H3,(H,13,17)(H,15,16)(H3,12,14,18). The van der Waals surface area contributed by atoms with Gasteiger partial charge in [-0.3, -0.25) is 9.59 Å². The lowest BCUT2D eigenvalue weighted by atomic mass is 10.1. The van der Waals surface area contributed by atoms with E-state index in [1.54, 1.807) is 6.92 Å². The lowest BCUT2D eigenvalue weighted by Gasteiger charge is -2.12. The van der Waals surface area contributed by atoms with Gasteiger partial charge in [-0.05, 0) is 19.8 Å². The van der Waals surface area contributed by atoms with Crippen molar-refractivity contribution < 1.29 is 19.5 Å². The van der Waals surface area contributed by atoms with Gasteiger partial charge in [-0.2, -0.15) is 0 Å². The maximum atomic E-state index is 11.4. The number of hydrogen-bond acceptors (Lipinski definition) is 3. The number of carbonyl (C=O) groups excluding carboxylic acids is 2.